The quantitative estimate of drug-likeness (QED) is 0.548. The number of nitrogen functional groups attached to an aromatic ring is 1. The normalized spacial score (nSPS) is 14.3. The van der Waals surface area contributed by atoms with Crippen molar-refractivity contribution in [2.24, 2.45) is 0 Å². The zero-order valence-electron chi connectivity index (χ0n) is 11.1. The van der Waals surface area contributed by atoms with Crippen LogP contribution in [-0.2, 0) is 9.59 Å². The van der Waals surface area contributed by atoms with Gasteiger partial charge in [-0.1, -0.05) is 6.07 Å². The number of amides is 4. The molecule has 4 amide bonds. The molecule has 0 atom stereocenters. The van der Waals surface area contributed by atoms with Gasteiger partial charge in [0, 0.05) is 24.3 Å². The first-order chi connectivity index (χ1) is 9.47. The molecule has 0 aliphatic carbocycles. The van der Waals surface area contributed by atoms with Gasteiger partial charge < -0.3 is 16.4 Å². The topological polar surface area (TPSA) is 105 Å². The fraction of sp³-hybridized carbons (Fsp3) is 0.308. The Morgan fingerprint density at radius 1 is 1.45 bits per heavy atom. The molecule has 20 heavy (non-hydrogen) atoms. The fourth-order valence-electron chi connectivity index (χ4n) is 1.88. The van der Waals surface area contributed by atoms with Crippen LogP contribution in [0.4, 0.5) is 16.2 Å². The van der Waals surface area contributed by atoms with Crippen molar-refractivity contribution >= 4 is 29.2 Å². The van der Waals surface area contributed by atoms with Crippen molar-refractivity contribution in [3.05, 3.63) is 23.8 Å². The van der Waals surface area contributed by atoms with Crippen molar-refractivity contribution < 1.29 is 14.4 Å². The largest absolute Gasteiger partial charge is 0.399 e. The van der Waals surface area contributed by atoms with Gasteiger partial charge >= 0.3 is 6.03 Å². The molecule has 1 aliphatic heterocycles. The Kier molecular flexibility index (Phi) is 3.88. The minimum atomic E-state index is -0.456. The summed E-state index contributed by atoms with van der Waals surface area (Å²) in [4.78, 5) is 35.5. The van der Waals surface area contributed by atoms with E-state index in [1.54, 1.807) is 12.1 Å². The molecule has 7 nitrogen and oxygen atoms in total. The molecule has 1 aromatic rings. The third kappa shape index (κ3) is 3.05. The second kappa shape index (κ2) is 5.60. The molecular formula is C13H16N4O3. The predicted octanol–water partition coefficient (Wildman–Crippen LogP) is 0.458. The maximum absolute atomic E-state index is 11.8. The van der Waals surface area contributed by atoms with E-state index >= 15 is 0 Å². The molecule has 0 saturated carbocycles. The number of carbonyl (C=O) groups excluding carboxylic acids is 3. The molecule has 1 aliphatic rings. The molecule has 2 rings (SSSR count). The van der Waals surface area contributed by atoms with Gasteiger partial charge in [0.05, 0.1) is 6.54 Å². The summed E-state index contributed by atoms with van der Waals surface area (Å²) in [6.07, 6.45) is 0.0490. The number of carbonyl (C=O) groups is 3. The molecule has 4 N–H and O–H groups in total. The van der Waals surface area contributed by atoms with E-state index in [1.165, 1.54) is 0 Å². The van der Waals surface area contributed by atoms with E-state index in [0.717, 1.165) is 10.5 Å². The standard InChI is InChI=1S/C13H16N4O3/c1-8-2-3-9(14)6-10(8)16-11(18)4-5-17-12(19)7-15-13(17)20/h2-3,6H,4-5,7,14H2,1H3,(H,15,20)(H,16,18). The predicted molar refractivity (Wildman–Crippen MR) is 73.9 cm³/mol. The van der Waals surface area contributed by atoms with Gasteiger partial charge in [-0.05, 0) is 24.6 Å². The monoisotopic (exact) mass is 276 g/mol. The van der Waals surface area contributed by atoms with Crippen LogP contribution < -0.4 is 16.4 Å². The number of nitrogens with two attached hydrogens (primary N) is 1. The van der Waals surface area contributed by atoms with Gasteiger partial charge in [-0.2, -0.15) is 0 Å². The molecule has 7 heteroatoms. The molecule has 1 saturated heterocycles. The van der Waals surface area contributed by atoms with Crippen LogP contribution in [0, 0.1) is 6.92 Å². The van der Waals surface area contributed by atoms with Gasteiger partial charge in [0.25, 0.3) is 0 Å². The van der Waals surface area contributed by atoms with E-state index in [1.807, 2.05) is 13.0 Å². The summed E-state index contributed by atoms with van der Waals surface area (Å²) in [7, 11) is 0. The van der Waals surface area contributed by atoms with Gasteiger partial charge in [-0.15, -0.1) is 0 Å². The van der Waals surface area contributed by atoms with Crippen LogP contribution in [0.1, 0.15) is 12.0 Å². The van der Waals surface area contributed by atoms with Gasteiger partial charge in [-0.3, -0.25) is 14.5 Å². The Labute approximate surface area is 116 Å². The smallest absolute Gasteiger partial charge is 0.324 e. The van der Waals surface area contributed by atoms with Crippen molar-refractivity contribution in [2.75, 3.05) is 24.1 Å². The van der Waals surface area contributed by atoms with Crippen LogP contribution in [0.3, 0.4) is 0 Å². The zero-order valence-corrected chi connectivity index (χ0v) is 11.1. The molecule has 1 aromatic carbocycles. The number of nitrogens with one attached hydrogen (secondary N) is 2. The Bertz CT molecular complexity index is 555. The number of anilines is 2. The summed E-state index contributed by atoms with van der Waals surface area (Å²) < 4.78 is 0. The SMILES string of the molecule is Cc1ccc(N)cc1NC(=O)CCN1C(=O)CNC1=O. The third-order valence-corrected chi connectivity index (χ3v) is 3.04. The minimum absolute atomic E-state index is 0.00518. The van der Waals surface area contributed by atoms with Gasteiger partial charge in [0.2, 0.25) is 11.8 Å². The first-order valence-electron chi connectivity index (χ1n) is 6.21. The third-order valence-electron chi connectivity index (χ3n) is 3.04. The number of imide groups is 1. The Hall–Kier alpha value is -2.57. The van der Waals surface area contributed by atoms with Crippen molar-refractivity contribution in [3.63, 3.8) is 0 Å². The summed E-state index contributed by atoms with van der Waals surface area (Å²) in [5, 5.41) is 5.11. The van der Waals surface area contributed by atoms with Crippen LogP contribution in [0.5, 0.6) is 0 Å². The van der Waals surface area contributed by atoms with Gasteiger partial charge in [-0.25, -0.2) is 4.79 Å². The number of urea groups is 1. The highest BCUT2D eigenvalue weighted by atomic mass is 16.2. The van der Waals surface area contributed by atoms with Crippen LogP contribution in [-0.4, -0.2) is 35.8 Å². The lowest BCUT2D eigenvalue weighted by Crippen LogP contribution is -2.33. The first-order valence-corrected chi connectivity index (χ1v) is 6.21. The summed E-state index contributed by atoms with van der Waals surface area (Å²) in [6.45, 7) is 1.92. The number of hydrogen-bond acceptors (Lipinski definition) is 4. The number of rotatable bonds is 4. The maximum Gasteiger partial charge on any atom is 0.324 e. The van der Waals surface area contributed by atoms with E-state index in [4.69, 9.17) is 5.73 Å². The molecule has 1 heterocycles. The second-order valence-electron chi connectivity index (χ2n) is 4.58. The molecule has 0 spiro atoms. The summed E-state index contributed by atoms with van der Waals surface area (Å²) in [6, 6.07) is 4.77. The molecule has 106 valence electrons. The Balaban J connectivity index is 1.91. The molecule has 1 fully saturated rings. The molecule has 0 bridgehead atoms. The summed E-state index contributed by atoms with van der Waals surface area (Å²) in [5.41, 5.74) is 7.73. The Morgan fingerprint density at radius 3 is 2.85 bits per heavy atom. The minimum Gasteiger partial charge on any atom is -0.399 e. The summed E-state index contributed by atoms with van der Waals surface area (Å²) in [5.74, 6) is -0.589. The fourth-order valence-corrected chi connectivity index (χ4v) is 1.88. The maximum atomic E-state index is 11.8. The number of aryl methyl sites for hydroxylation is 1. The van der Waals surface area contributed by atoms with E-state index in [2.05, 4.69) is 10.6 Å². The highest BCUT2D eigenvalue weighted by Gasteiger charge is 2.28. The highest BCUT2D eigenvalue weighted by molar-refractivity contribution is 6.02. The average molecular weight is 276 g/mol. The lowest BCUT2D eigenvalue weighted by molar-refractivity contribution is -0.125. The lowest BCUT2D eigenvalue weighted by atomic mass is 10.2. The van der Waals surface area contributed by atoms with E-state index < -0.39 is 6.03 Å². The molecule has 0 radical (unpaired) electrons. The second-order valence-corrected chi connectivity index (χ2v) is 4.58. The van der Waals surface area contributed by atoms with Gasteiger partial charge in [0.1, 0.15) is 0 Å². The lowest BCUT2D eigenvalue weighted by Gasteiger charge is -2.13. The number of hydrogen-bond donors (Lipinski definition) is 3. The highest BCUT2D eigenvalue weighted by Crippen LogP contribution is 2.18. The van der Waals surface area contributed by atoms with Crippen LogP contribution >= 0.6 is 0 Å². The van der Waals surface area contributed by atoms with Crippen molar-refractivity contribution in [1.29, 1.82) is 0 Å². The molecular weight excluding hydrogens is 260 g/mol. The van der Waals surface area contributed by atoms with E-state index in [9.17, 15) is 14.4 Å². The number of benzene rings is 1. The number of nitrogens with zero attached hydrogens (tertiary/aromatic N) is 1. The van der Waals surface area contributed by atoms with Crippen LogP contribution in [0.2, 0.25) is 0 Å². The average Bonchev–Trinajstić information content (AvgIpc) is 2.71. The summed E-state index contributed by atoms with van der Waals surface area (Å²) >= 11 is 0. The van der Waals surface area contributed by atoms with Gasteiger partial charge in [0.15, 0.2) is 0 Å². The van der Waals surface area contributed by atoms with E-state index in [-0.39, 0.29) is 31.3 Å². The molecule has 0 unspecified atom stereocenters. The Morgan fingerprint density at radius 2 is 2.20 bits per heavy atom. The first kappa shape index (κ1) is 13.9. The van der Waals surface area contributed by atoms with Crippen molar-refractivity contribution in [1.82, 2.24) is 10.2 Å². The van der Waals surface area contributed by atoms with Crippen LogP contribution in [0.15, 0.2) is 18.2 Å². The van der Waals surface area contributed by atoms with Crippen molar-refractivity contribution in [2.45, 2.75) is 13.3 Å². The molecule has 0 aromatic heterocycles. The van der Waals surface area contributed by atoms with E-state index in [0.29, 0.717) is 11.4 Å². The van der Waals surface area contributed by atoms with Crippen LogP contribution in [0.25, 0.3) is 0 Å². The zero-order chi connectivity index (χ0) is 14.7. The van der Waals surface area contributed by atoms with Crippen molar-refractivity contribution in [3.8, 4) is 0 Å².